The Balaban J connectivity index is 2.95. The summed E-state index contributed by atoms with van der Waals surface area (Å²) in [6.07, 6.45) is 0. The molecule has 0 unspecified atom stereocenters. The number of carbonyl (C=O) groups excluding carboxylic acids is 1. The van der Waals surface area contributed by atoms with E-state index in [0.717, 1.165) is 5.56 Å². The van der Waals surface area contributed by atoms with Crippen LogP contribution in [0.4, 0.5) is 10.5 Å². The first-order chi connectivity index (χ1) is 5.66. The molecule has 0 bridgehead atoms. The van der Waals surface area contributed by atoms with Crippen LogP contribution in [0.3, 0.4) is 0 Å². The third-order valence-electron chi connectivity index (χ3n) is 1.69. The summed E-state index contributed by atoms with van der Waals surface area (Å²) in [5.41, 5.74) is 7.13. The van der Waals surface area contributed by atoms with Gasteiger partial charge in [0.15, 0.2) is 0 Å². The summed E-state index contributed by atoms with van der Waals surface area (Å²) < 4.78 is 0. The van der Waals surface area contributed by atoms with E-state index in [1.165, 1.54) is 0 Å². The van der Waals surface area contributed by atoms with E-state index >= 15 is 0 Å². The number of urea groups is 1. The van der Waals surface area contributed by atoms with Crippen LogP contribution in [0.1, 0.15) is 5.56 Å². The van der Waals surface area contributed by atoms with Gasteiger partial charge in [-0.15, -0.1) is 0 Å². The highest BCUT2D eigenvalue weighted by Crippen LogP contribution is 1.98. The van der Waals surface area contributed by atoms with Gasteiger partial charge in [0.2, 0.25) is 0 Å². The Kier molecular flexibility index (Phi) is 1.24. The number of fused-ring (bicyclic) bond motifs is 1. The van der Waals surface area contributed by atoms with E-state index in [1.807, 2.05) is 6.92 Å². The van der Waals surface area contributed by atoms with Gasteiger partial charge in [-0.2, -0.15) is 9.98 Å². The van der Waals surface area contributed by atoms with Gasteiger partial charge in [0.25, 0.3) is 0 Å². The van der Waals surface area contributed by atoms with Gasteiger partial charge >= 0.3 is 6.03 Å². The summed E-state index contributed by atoms with van der Waals surface area (Å²) in [6, 6.07) is 3.10. The third-order valence-corrected chi connectivity index (χ3v) is 1.69. The summed E-state index contributed by atoms with van der Waals surface area (Å²) in [5, 5.41) is 1.09. The molecular weight excluding hydrogens is 154 g/mol. The molecule has 0 atom stereocenters. The predicted molar refractivity (Wildman–Crippen MR) is 43.3 cm³/mol. The van der Waals surface area contributed by atoms with Gasteiger partial charge in [0.05, 0.1) is 11.0 Å². The zero-order valence-corrected chi connectivity index (χ0v) is 6.53. The first kappa shape index (κ1) is 6.97. The van der Waals surface area contributed by atoms with Gasteiger partial charge in [0, 0.05) is 0 Å². The standard InChI is InChI=1S/C8H7N3O/c1-4-2-5(9)7-6(3-4)10-8(12)11-7/h2-3H,9H2,1H3. The Morgan fingerprint density at radius 1 is 1.33 bits per heavy atom. The fourth-order valence-electron chi connectivity index (χ4n) is 1.22. The number of aryl methyl sites for hydroxylation is 1. The van der Waals surface area contributed by atoms with Crippen LogP contribution in [0.25, 0.3) is 0 Å². The molecule has 2 N–H and O–H groups in total. The molecule has 0 saturated heterocycles. The van der Waals surface area contributed by atoms with E-state index in [0.29, 0.717) is 16.4 Å². The van der Waals surface area contributed by atoms with Crippen molar-refractivity contribution in [1.82, 2.24) is 0 Å². The largest absolute Gasteiger partial charge is 0.397 e. The Morgan fingerprint density at radius 2 is 2.08 bits per heavy atom. The number of anilines is 1. The zero-order valence-electron chi connectivity index (χ0n) is 6.53. The molecule has 2 rings (SSSR count). The Morgan fingerprint density at radius 3 is 2.83 bits per heavy atom. The fraction of sp³-hybridized carbons (Fsp3) is 0.125. The summed E-state index contributed by atoms with van der Waals surface area (Å²) in [7, 11) is 0. The van der Waals surface area contributed by atoms with E-state index in [4.69, 9.17) is 5.73 Å². The smallest absolute Gasteiger partial charge is 0.368 e. The summed E-state index contributed by atoms with van der Waals surface area (Å²) >= 11 is 0. The maximum atomic E-state index is 10.8. The molecule has 0 radical (unpaired) electrons. The molecule has 1 aliphatic heterocycles. The Hall–Kier alpha value is -1.71. The van der Waals surface area contributed by atoms with Crippen LogP contribution in [-0.2, 0) is 0 Å². The van der Waals surface area contributed by atoms with Crippen molar-refractivity contribution in [3.05, 3.63) is 28.4 Å². The summed E-state index contributed by atoms with van der Waals surface area (Å²) in [6.45, 7) is 1.90. The van der Waals surface area contributed by atoms with Crippen LogP contribution in [0.2, 0.25) is 0 Å². The number of carbonyl (C=O) groups is 1. The molecule has 0 fully saturated rings. The van der Waals surface area contributed by atoms with E-state index in [9.17, 15) is 4.79 Å². The van der Waals surface area contributed by atoms with E-state index in [2.05, 4.69) is 9.98 Å². The van der Waals surface area contributed by atoms with Crippen molar-refractivity contribution in [3.63, 3.8) is 0 Å². The second kappa shape index (κ2) is 2.14. The lowest BCUT2D eigenvalue weighted by atomic mass is 10.2. The first-order valence-electron chi connectivity index (χ1n) is 3.54. The van der Waals surface area contributed by atoms with Crippen molar-refractivity contribution >= 4 is 11.7 Å². The van der Waals surface area contributed by atoms with Crippen molar-refractivity contribution in [2.75, 3.05) is 5.73 Å². The van der Waals surface area contributed by atoms with Crippen molar-refractivity contribution in [1.29, 1.82) is 0 Å². The van der Waals surface area contributed by atoms with Crippen molar-refractivity contribution < 1.29 is 4.79 Å². The minimum Gasteiger partial charge on any atom is -0.397 e. The molecule has 60 valence electrons. The van der Waals surface area contributed by atoms with Gasteiger partial charge in [-0.3, -0.25) is 0 Å². The molecule has 4 heteroatoms. The van der Waals surface area contributed by atoms with Crippen LogP contribution in [0.5, 0.6) is 0 Å². The lowest BCUT2D eigenvalue weighted by molar-refractivity contribution is 0.256. The number of hydrogen-bond acceptors (Lipinski definition) is 2. The maximum absolute atomic E-state index is 10.8. The van der Waals surface area contributed by atoms with Crippen molar-refractivity contribution in [3.8, 4) is 0 Å². The molecule has 1 aliphatic rings. The van der Waals surface area contributed by atoms with Crippen LogP contribution >= 0.6 is 0 Å². The monoisotopic (exact) mass is 161 g/mol. The molecule has 0 aliphatic carbocycles. The van der Waals surface area contributed by atoms with Crippen LogP contribution in [0.15, 0.2) is 22.1 Å². The Bertz CT molecular complexity index is 476. The highest BCUT2D eigenvalue weighted by Gasteiger charge is 2.07. The predicted octanol–water partition coefficient (Wildman–Crippen LogP) is -0.0500. The second-order valence-electron chi connectivity index (χ2n) is 2.73. The van der Waals surface area contributed by atoms with E-state index < -0.39 is 6.03 Å². The van der Waals surface area contributed by atoms with Gasteiger partial charge in [0.1, 0.15) is 5.36 Å². The van der Waals surface area contributed by atoms with E-state index in [1.54, 1.807) is 12.1 Å². The number of rotatable bonds is 0. The molecule has 1 aromatic carbocycles. The average molecular weight is 161 g/mol. The molecule has 1 heterocycles. The second-order valence-corrected chi connectivity index (χ2v) is 2.73. The number of nitrogen functional groups attached to an aromatic ring is 1. The molecule has 0 aromatic heterocycles. The number of amides is 2. The van der Waals surface area contributed by atoms with Crippen LogP contribution in [0, 0.1) is 6.92 Å². The lowest BCUT2D eigenvalue weighted by Crippen LogP contribution is -2.25. The van der Waals surface area contributed by atoms with Crippen LogP contribution < -0.4 is 16.4 Å². The van der Waals surface area contributed by atoms with Gasteiger partial charge in [-0.25, -0.2) is 4.79 Å². The average Bonchev–Trinajstić information content (AvgIpc) is 2.29. The van der Waals surface area contributed by atoms with Gasteiger partial charge in [-0.1, -0.05) is 0 Å². The minimum absolute atomic E-state index is 0.470. The maximum Gasteiger partial charge on any atom is 0.368 e. The highest BCUT2D eigenvalue weighted by atomic mass is 16.2. The topological polar surface area (TPSA) is 67.8 Å². The van der Waals surface area contributed by atoms with Crippen molar-refractivity contribution in [2.24, 2.45) is 9.98 Å². The normalized spacial score (nSPS) is 13.6. The summed E-state index contributed by atoms with van der Waals surface area (Å²) in [5.74, 6) is 0. The Labute approximate surface area is 68.4 Å². The van der Waals surface area contributed by atoms with Crippen molar-refractivity contribution in [2.45, 2.75) is 6.92 Å². The molecule has 4 nitrogen and oxygen atoms in total. The molecule has 12 heavy (non-hydrogen) atoms. The van der Waals surface area contributed by atoms with E-state index in [-0.39, 0.29) is 0 Å². The highest BCUT2D eigenvalue weighted by molar-refractivity contribution is 5.78. The third kappa shape index (κ3) is 0.887. The minimum atomic E-state index is -0.470. The molecule has 0 saturated carbocycles. The fourth-order valence-corrected chi connectivity index (χ4v) is 1.22. The molecule has 2 amide bonds. The van der Waals surface area contributed by atoms with Gasteiger partial charge in [-0.05, 0) is 24.6 Å². The molecule has 0 spiro atoms. The summed E-state index contributed by atoms with van der Waals surface area (Å²) in [4.78, 5) is 18.1. The number of nitrogens with zero attached hydrogens (tertiary/aromatic N) is 2. The SMILES string of the molecule is Cc1cc(N)c2c(c1)=NC(=O)N=2. The molecular formula is C8H7N3O. The lowest BCUT2D eigenvalue weighted by Gasteiger charge is -1.92. The van der Waals surface area contributed by atoms with Gasteiger partial charge < -0.3 is 5.73 Å². The first-order valence-corrected chi connectivity index (χ1v) is 3.54. The van der Waals surface area contributed by atoms with Crippen LogP contribution in [-0.4, -0.2) is 6.03 Å². The number of hydrogen-bond donors (Lipinski definition) is 1. The quantitative estimate of drug-likeness (QED) is 0.542. The zero-order chi connectivity index (χ0) is 8.72. The number of benzene rings is 1. The number of nitrogens with two attached hydrogens (primary N) is 1. The molecule has 1 aromatic rings.